The highest BCUT2D eigenvalue weighted by Gasteiger charge is 2.26. The normalized spacial score (nSPS) is 29.7. The zero-order valence-electron chi connectivity index (χ0n) is 8.16. The number of hydrogen-bond donors (Lipinski definition) is 1. The zero-order chi connectivity index (χ0) is 9.26. The maximum absolute atomic E-state index is 4.30. The van der Waals surface area contributed by atoms with E-state index in [1.807, 2.05) is 11.6 Å². The van der Waals surface area contributed by atoms with Gasteiger partial charge < -0.3 is 5.32 Å². The Kier molecular flexibility index (Phi) is 2.65. The monoisotopic (exact) mass is 196 g/mol. The Labute approximate surface area is 83.4 Å². The fourth-order valence-corrected chi connectivity index (χ4v) is 2.57. The van der Waals surface area contributed by atoms with Crippen LogP contribution in [-0.4, -0.2) is 11.0 Å². The van der Waals surface area contributed by atoms with Gasteiger partial charge in [0.05, 0.1) is 6.04 Å². The van der Waals surface area contributed by atoms with Gasteiger partial charge in [0.2, 0.25) is 0 Å². The van der Waals surface area contributed by atoms with E-state index in [0.717, 1.165) is 12.0 Å². The van der Waals surface area contributed by atoms with Crippen molar-refractivity contribution in [2.24, 2.45) is 5.92 Å². The second kappa shape index (κ2) is 3.76. The molecular weight excluding hydrogens is 180 g/mol. The molecule has 1 aromatic rings. The Hall–Kier alpha value is -0.410. The highest BCUT2D eigenvalue weighted by Crippen LogP contribution is 2.28. The summed E-state index contributed by atoms with van der Waals surface area (Å²) in [7, 11) is 0. The average molecular weight is 196 g/mol. The molecule has 1 aliphatic carbocycles. The molecule has 1 saturated carbocycles. The standard InChI is InChI=1S/C10H16N2S/c1-7-5-9(6-7)12-8(2)10-11-3-4-13-10/h3-4,7-9,12H,5-6H2,1-2H3. The minimum atomic E-state index is 0.428. The van der Waals surface area contributed by atoms with Crippen LogP contribution < -0.4 is 5.32 Å². The van der Waals surface area contributed by atoms with E-state index in [1.165, 1.54) is 17.8 Å². The van der Waals surface area contributed by atoms with Crippen molar-refractivity contribution in [2.75, 3.05) is 0 Å². The summed E-state index contributed by atoms with van der Waals surface area (Å²) in [6.45, 7) is 4.51. The smallest absolute Gasteiger partial charge is 0.109 e. The van der Waals surface area contributed by atoms with Gasteiger partial charge in [-0.2, -0.15) is 0 Å². The van der Waals surface area contributed by atoms with Gasteiger partial charge in [0.15, 0.2) is 0 Å². The highest BCUT2D eigenvalue weighted by atomic mass is 32.1. The van der Waals surface area contributed by atoms with Crippen molar-refractivity contribution in [3.8, 4) is 0 Å². The Bertz CT molecular complexity index is 252. The van der Waals surface area contributed by atoms with Crippen molar-refractivity contribution in [3.63, 3.8) is 0 Å². The third-order valence-electron chi connectivity index (χ3n) is 2.68. The van der Waals surface area contributed by atoms with Crippen LogP contribution >= 0.6 is 11.3 Å². The van der Waals surface area contributed by atoms with E-state index in [0.29, 0.717) is 6.04 Å². The summed E-state index contributed by atoms with van der Waals surface area (Å²) in [5.41, 5.74) is 0. The van der Waals surface area contributed by atoms with Gasteiger partial charge in [-0.25, -0.2) is 4.98 Å². The predicted molar refractivity (Wildman–Crippen MR) is 55.9 cm³/mol. The molecule has 1 unspecified atom stereocenters. The summed E-state index contributed by atoms with van der Waals surface area (Å²) in [4.78, 5) is 4.30. The van der Waals surface area contributed by atoms with Gasteiger partial charge in [0, 0.05) is 17.6 Å². The molecule has 2 nitrogen and oxygen atoms in total. The summed E-state index contributed by atoms with van der Waals surface area (Å²) in [6.07, 6.45) is 4.53. The van der Waals surface area contributed by atoms with Gasteiger partial charge in [0.1, 0.15) is 5.01 Å². The molecule has 1 atom stereocenters. The highest BCUT2D eigenvalue weighted by molar-refractivity contribution is 7.09. The molecule has 0 aliphatic heterocycles. The zero-order valence-corrected chi connectivity index (χ0v) is 8.97. The number of nitrogens with one attached hydrogen (secondary N) is 1. The lowest BCUT2D eigenvalue weighted by Crippen LogP contribution is -2.41. The summed E-state index contributed by atoms with van der Waals surface area (Å²) in [5.74, 6) is 0.918. The molecule has 1 N–H and O–H groups in total. The molecule has 0 spiro atoms. The Morgan fingerprint density at radius 3 is 2.92 bits per heavy atom. The van der Waals surface area contributed by atoms with Crippen LogP contribution in [0.3, 0.4) is 0 Å². The first kappa shape index (κ1) is 9.16. The fourth-order valence-electron chi connectivity index (χ4n) is 1.91. The summed E-state index contributed by atoms with van der Waals surface area (Å²) in [5, 5.41) is 6.84. The molecule has 13 heavy (non-hydrogen) atoms. The molecule has 0 aromatic carbocycles. The van der Waals surface area contributed by atoms with E-state index in [9.17, 15) is 0 Å². The van der Waals surface area contributed by atoms with Crippen molar-refractivity contribution in [2.45, 2.75) is 38.8 Å². The van der Waals surface area contributed by atoms with E-state index in [-0.39, 0.29) is 0 Å². The number of rotatable bonds is 3. The Morgan fingerprint density at radius 1 is 1.62 bits per heavy atom. The minimum Gasteiger partial charge on any atom is -0.305 e. The van der Waals surface area contributed by atoms with Crippen LogP contribution in [0.15, 0.2) is 11.6 Å². The number of aromatic nitrogens is 1. The fraction of sp³-hybridized carbons (Fsp3) is 0.700. The lowest BCUT2D eigenvalue weighted by atomic mass is 9.81. The topological polar surface area (TPSA) is 24.9 Å². The van der Waals surface area contributed by atoms with Crippen LogP contribution in [0, 0.1) is 5.92 Å². The van der Waals surface area contributed by atoms with Crippen LogP contribution in [0.5, 0.6) is 0 Å². The van der Waals surface area contributed by atoms with E-state index >= 15 is 0 Å². The number of thiazole rings is 1. The molecule has 1 aliphatic rings. The van der Waals surface area contributed by atoms with E-state index in [1.54, 1.807) is 11.3 Å². The summed E-state index contributed by atoms with van der Waals surface area (Å²) in [6, 6.07) is 1.16. The van der Waals surface area contributed by atoms with Gasteiger partial charge in [-0.15, -0.1) is 11.3 Å². The molecule has 0 bridgehead atoms. The minimum absolute atomic E-state index is 0.428. The Morgan fingerprint density at radius 2 is 2.38 bits per heavy atom. The summed E-state index contributed by atoms with van der Waals surface area (Å²) < 4.78 is 0. The molecule has 2 rings (SSSR count). The van der Waals surface area contributed by atoms with Crippen molar-refractivity contribution in [1.82, 2.24) is 10.3 Å². The lowest BCUT2D eigenvalue weighted by Gasteiger charge is -2.35. The largest absolute Gasteiger partial charge is 0.305 e. The molecule has 1 aromatic heterocycles. The molecule has 1 heterocycles. The third kappa shape index (κ3) is 2.09. The predicted octanol–water partition coefficient (Wildman–Crippen LogP) is 2.59. The molecule has 1 fully saturated rings. The number of hydrogen-bond acceptors (Lipinski definition) is 3. The van der Waals surface area contributed by atoms with Gasteiger partial charge >= 0.3 is 0 Å². The first-order valence-electron chi connectivity index (χ1n) is 4.91. The SMILES string of the molecule is CC1CC(NC(C)c2nccs2)C1. The van der Waals surface area contributed by atoms with Gasteiger partial charge in [-0.1, -0.05) is 6.92 Å². The quantitative estimate of drug-likeness (QED) is 0.803. The van der Waals surface area contributed by atoms with Crippen molar-refractivity contribution in [3.05, 3.63) is 16.6 Å². The average Bonchev–Trinajstić information content (AvgIpc) is 2.53. The van der Waals surface area contributed by atoms with Crippen molar-refractivity contribution >= 4 is 11.3 Å². The van der Waals surface area contributed by atoms with Crippen LogP contribution in [0.1, 0.15) is 37.7 Å². The van der Waals surface area contributed by atoms with Crippen molar-refractivity contribution < 1.29 is 0 Å². The second-order valence-electron chi connectivity index (χ2n) is 4.03. The van der Waals surface area contributed by atoms with Gasteiger partial charge in [-0.05, 0) is 25.7 Å². The van der Waals surface area contributed by atoms with Crippen LogP contribution in [-0.2, 0) is 0 Å². The van der Waals surface area contributed by atoms with Crippen molar-refractivity contribution in [1.29, 1.82) is 0 Å². The number of nitrogens with zero attached hydrogens (tertiary/aromatic N) is 1. The lowest BCUT2D eigenvalue weighted by molar-refractivity contribution is 0.226. The van der Waals surface area contributed by atoms with Crippen LogP contribution in [0.4, 0.5) is 0 Å². The summed E-state index contributed by atoms with van der Waals surface area (Å²) >= 11 is 1.73. The van der Waals surface area contributed by atoms with E-state index < -0.39 is 0 Å². The third-order valence-corrected chi connectivity index (χ3v) is 3.64. The molecule has 0 amide bonds. The molecule has 0 radical (unpaired) electrons. The Balaban J connectivity index is 1.82. The maximum Gasteiger partial charge on any atom is 0.109 e. The first-order valence-corrected chi connectivity index (χ1v) is 5.79. The first-order chi connectivity index (χ1) is 6.25. The molecule has 0 saturated heterocycles. The molecule has 3 heteroatoms. The second-order valence-corrected chi connectivity index (χ2v) is 4.96. The molecular formula is C10H16N2S. The maximum atomic E-state index is 4.30. The van der Waals surface area contributed by atoms with E-state index in [4.69, 9.17) is 0 Å². The van der Waals surface area contributed by atoms with Crippen LogP contribution in [0.25, 0.3) is 0 Å². The van der Waals surface area contributed by atoms with Crippen LogP contribution in [0.2, 0.25) is 0 Å². The van der Waals surface area contributed by atoms with E-state index in [2.05, 4.69) is 24.1 Å². The van der Waals surface area contributed by atoms with Gasteiger partial charge in [0.25, 0.3) is 0 Å². The molecule has 72 valence electrons. The van der Waals surface area contributed by atoms with Gasteiger partial charge in [-0.3, -0.25) is 0 Å².